The molecule has 0 aliphatic carbocycles. The zero-order chi connectivity index (χ0) is 9.28. The Kier molecular flexibility index (Phi) is 10.2. The van der Waals surface area contributed by atoms with Gasteiger partial charge in [0, 0.05) is 6.61 Å². The third-order valence-corrected chi connectivity index (χ3v) is 0.526. The molecule has 0 aromatic carbocycles. The molecular formula is C6H12O5. The third kappa shape index (κ3) is 27.9. The van der Waals surface area contributed by atoms with E-state index in [4.69, 9.17) is 15.3 Å². The lowest BCUT2D eigenvalue weighted by Crippen LogP contribution is -2.03. The van der Waals surface area contributed by atoms with Crippen LogP contribution in [-0.2, 0) is 9.59 Å². The smallest absolute Gasteiger partial charge is 0.314 e. The summed E-state index contributed by atoms with van der Waals surface area (Å²) < 4.78 is 0. The Labute approximate surface area is 64.3 Å². The summed E-state index contributed by atoms with van der Waals surface area (Å²) >= 11 is 0. The van der Waals surface area contributed by atoms with Gasteiger partial charge in [0.05, 0.1) is 0 Å². The molecular weight excluding hydrogens is 152 g/mol. The van der Waals surface area contributed by atoms with Gasteiger partial charge < -0.3 is 15.3 Å². The van der Waals surface area contributed by atoms with Gasteiger partial charge in [-0.3, -0.25) is 9.59 Å². The van der Waals surface area contributed by atoms with E-state index in [1.165, 1.54) is 0 Å². The van der Waals surface area contributed by atoms with Crippen molar-refractivity contribution >= 4 is 11.9 Å². The van der Waals surface area contributed by atoms with E-state index in [9.17, 15) is 9.59 Å². The molecule has 0 unspecified atom stereocenters. The molecule has 0 atom stereocenters. The highest BCUT2D eigenvalue weighted by Crippen LogP contribution is 1.74. The molecule has 0 spiro atoms. The highest BCUT2D eigenvalue weighted by Gasteiger charge is 2.01. The number of rotatable bonds is 3. The summed E-state index contributed by atoms with van der Waals surface area (Å²) in [6, 6.07) is 0. The Bertz CT molecular complexity index is 106. The summed E-state index contributed by atoms with van der Waals surface area (Å²) in [4.78, 5) is 18.9. The van der Waals surface area contributed by atoms with Crippen molar-refractivity contribution in [2.75, 3.05) is 6.61 Å². The van der Waals surface area contributed by atoms with Gasteiger partial charge in [0.25, 0.3) is 0 Å². The van der Waals surface area contributed by atoms with Crippen LogP contribution in [0, 0.1) is 0 Å². The molecule has 66 valence electrons. The minimum absolute atomic E-state index is 0.319. The van der Waals surface area contributed by atoms with E-state index in [0.29, 0.717) is 6.61 Å². The fourth-order valence-electron chi connectivity index (χ4n) is 0.129. The number of carboxylic acids is 2. The van der Waals surface area contributed by atoms with Gasteiger partial charge >= 0.3 is 11.9 Å². The highest BCUT2D eigenvalue weighted by atomic mass is 16.4. The monoisotopic (exact) mass is 164 g/mol. The molecule has 5 heteroatoms. The van der Waals surface area contributed by atoms with Crippen molar-refractivity contribution in [3.05, 3.63) is 0 Å². The molecule has 0 radical (unpaired) electrons. The standard InChI is InChI=1S/C3H4O4.C3H8O/c4-2(5)1-3(6)7;1-2-3-4/h1H2,(H,4,5)(H,6,7);4H,2-3H2,1H3. The Morgan fingerprint density at radius 1 is 1.18 bits per heavy atom. The van der Waals surface area contributed by atoms with E-state index in [1.807, 2.05) is 6.92 Å². The molecule has 0 fully saturated rings. The van der Waals surface area contributed by atoms with Crippen LogP contribution >= 0.6 is 0 Å². The minimum atomic E-state index is -1.31. The second-order valence-corrected chi connectivity index (χ2v) is 1.69. The van der Waals surface area contributed by atoms with E-state index >= 15 is 0 Å². The van der Waals surface area contributed by atoms with Crippen LogP contribution in [0.25, 0.3) is 0 Å². The average Bonchev–Trinajstić information content (AvgIpc) is 1.85. The van der Waals surface area contributed by atoms with Gasteiger partial charge in [-0.1, -0.05) is 6.92 Å². The Hall–Kier alpha value is -1.10. The van der Waals surface area contributed by atoms with Crippen molar-refractivity contribution in [2.45, 2.75) is 19.8 Å². The molecule has 0 aromatic rings. The highest BCUT2D eigenvalue weighted by molar-refractivity contribution is 5.88. The van der Waals surface area contributed by atoms with Gasteiger partial charge in [0.2, 0.25) is 0 Å². The molecule has 3 N–H and O–H groups in total. The number of hydrogen-bond donors (Lipinski definition) is 3. The van der Waals surface area contributed by atoms with Crippen molar-refractivity contribution in [3.63, 3.8) is 0 Å². The van der Waals surface area contributed by atoms with E-state index < -0.39 is 18.4 Å². The van der Waals surface area contributed by atoms with Crippen LogP contribution in [0.15, 0.2) is 0 Å². The van der Waals surface area contributed by atoms with Gasteiger partial charge in [0.15, 0.2) is 0 Å². The van der Waals surface area contributed by atoms with Crippen molar-refractivity contribution < 1.29 is 24.9 Å². The molecule has 0 aromatic heterocycles. The van der Waals surface area contributed by atoms with Crippen LogP contribution in [0.5, 0.6) is 0 Å². The Balaban J connectivity index is 0. The second-order valence-electron chi connectivity index (χ2n) is 1.69. The first-order valence-electron chi connectivity index (χ1n) is 3.09. The molecule has 11 heavy (non-hydrogen) atoms. The van der Waals surface area contributed by atoms with Gasteiger partial charge in [-0.2, -0.15) is 0 Å². The number of carbonyl (C=O) groups is 2. The summed E-state index contributed by atoms with van der Waals surface area (Å²) in [6.45, 7) is 2.25. The maximum atomic E-state index is 9.43. The number of aliphatic carboxylic acids is 2. The average molecular weight is 164 g/mol. The first-order valence-corrected chi connectivity index (χ1v) is 3.09. The summed E-state index contributed by atoms with van der Waals surface area (Å²) in [5, 5.41) is 23.3. The van der Waals surface area contributed by atoms with Crippen LogP contribution in [0.3, 0.4) is 0 Å². The normalized spacial score (nSPS) is 7.82. The zero-order valence-corrected chi connectivity index (χ0v) is 6.28. The van der Waals surface area contributed by atoms with Crippen LogP contribution in [0.4, 0.5) is 0 Å². The molecule has 0 aliphatic rings. The molecule has 0 aliphatic heterocycles. The van der Waals surface area contributed by atoms with Crippen LogP contribution in [-0.4, -0.2) is 33.9 Å². The first kappa shape index (κ1) is 12.6. The van der Waals surface area contributed by atoms with E-state index in [2.05, 4.69) is 0 Å². The fraction of sp³-hybridized carbons (Fsp3) is 0.667. The van der Waals surface area contributed by atoms with Crippen molar-refractivity contribution in [1.29, 1.82) is 0 Å². The summed E-state index contributed by atoms with van der Waals surface area (Å²) in [5.74, 6) is -2.62. The SMILES string of the molecule is CCCO.O=C(O)CC(=O)O. The lowest BCUT2D eigenvalue weighted by molar-refractivity contribution is -0.147. The Morgan fingerprint density at radius 2 is 1.45 bits per heavy atom. The van der Waals surface area contributed by atoms with Gasteiger partial charge in [-0.05, 0) is 6.42 Å². The first-order chi connectivity index (χ1) is 5.04. The van der Waals surface area contributed by atoms with Crippen LogP contribution in [0.2, 0.25) is 0 Å². The lowest BCUT2D eigenvalue weighted by atomic mass is 10.5. The largest absolute Gasteiger partial charge is 0.481 e. The molecule has 0 rings (SSSR count). The number of aliphatic hydroxyl groups is 1. The summed E-state index contributed by atoms with van der Waals surface area (Å²) in [6.07, 6.45) is 0.0694. The molecule has 5 nitrogen and oxygen atoms in total. The molecule has 0 bridgehead atoms. The lowest BCUT2D eigenvalue weighted by Gasteiger charge is -1.80. The van der Waals surface area contributed by atoms with Crippen LogP contribution < -0.4 is 0 Å². The van der Waals surface area contributed by atoms with E-state index in [-0.39, 0.29) is 0 Å². The second kappa shape index (κ2) is 8.90. The predicted octanol–water partition coefficient (Wildman–Crippen LogP) is -0.0656. The quantitative estimate of drug-likeness (QED) is 0.508. The van der Waals surface area contributed by atoms with Crippen LogP contribution in [0.1, 0.15) is 19.8 Å². The number of hydrogen-bond acceptors (Lipinski definition) is 3. The molecule has 0 saturated heterocycles. The fourth-order valence-corrected chi connectivity index (χ4v) is 0.129. The van der Waals surface area contributed by atoms with E-state index in [1.54, 1.807) is 0 Å². The van der Waals surface area contributed by atoms with Crippen molar-refractivity contribution in [3.8, 4) is 0 Å². The molecule has 0 amide bonds. The summed E-state index contributed by atoms with van der Waals surface area (Å²) in [7, 11) is 0. The summed E-state index contributed by atoms with van der Waals surface area (Å²) in [5.41, 5.74) is 0. The van der Waals surface area contributed by atoms with Gasteiger partial charge in [-0.15, -0.1) is 0 Å². The number of aliphatic hydroxyl groups excluding tert-OH is 1. The zero-order valence-electron chi connectivity index (χ0n) is 6.28. The van der Waals surface area contributed by atoms with Gasteiger partial charge in [-0.25, -0.2) is 0 Å². The Morgan fingerprint density at radius 3 is 1.45 bits per heavy atom. The molecule has 0 heterocycles. The maximum absolute atomic E-state index is 9.43. The maximum Gasteiger partial charge on any atom is 0.314 e. The van der Waals surface area contributed by atoms with Crippen molar-refractivity contribution in [1.82, 2.24) is 0 Å². The predicted molar refractivity (Wildman–Crippen MR) is 37.3 cm³/mol. The minimum Gasteiger partial charge on any atom is -0.481 e. The van der Waals surface area contributed by atoms with E-state index in [0.717, 1.165) is 6.42 Å². The van der Waals surface area contributed by atoms with Gasteiger partial charge in [0.1, 0.15) is 6.42 Å². The topological polar surface area (TPSA) is 94.8 Å². The van der Waals surface area contributed by atoms with Crippen molar-refractivity contribution in [2.24, 2.45) is 0 Å². The third-order valence-electron chi connectivity index (χ3n) is 0.526. The number of carboxylic acid groups (broad SMARTS) is 2. The molecule has 0 saturated carbocycles.